The van der Waals surface area contributed by atoms with Gasteiger partial charge < -0.3 is 0 Å². The molecule has 2 nitrogen and oxygen atoms in total. The van der Waals surface area contributed by atoms with Crippen LogP contribution < -0.4 is 21.2 Å². The van der Waals surface area contributed by atoms with Crippen molar-refractivity contribution < 1.29 is 15.1 Å². The molecule has 0 spiro atoms. The maximum atomic E-state index is 7.32. The van der Waals surface area contributed by atoms with Gasteiger partial charge in [-0.1, -0.05) is 121 Å². The van der Waals surface area contributed by atoms with E-state index in [1.165, 1.54) is 41.0 Å². The van der Waals surface area contributed by atoms with Crippen molar-refractivity contribution in [3.63, 3.8) is 0 Å². The van der Waals surface area contributed by atoms with Crippen molar-refractivity contribution >= 4 is 56.4 Å². The van der Waals surface area contributed by atoms with E-state index in [2.05, 4.69) is 121 Å². The van der Waals surface area contributed by atoms with E-state index in [1.807, 2.05) is 0 Å². The van der Waals surface area contributed by atoms with E-state index >= 15 is 0 Å². The van der Waals surface area contributed by atoms with E-state index < -0.39 is 15.8 Å². The van der Waals surface area contributed by atoms with Crippen LogP contribution in [0, 0.1) is 22.7 Å². The molecule has 0 saturated heterocycles. The summed E-state index contributed by atoms with van der Waals surface area (Å²) in [6, 6.07) is 47.6. The largest absolute Gasteiger partial charge is 0.0622 e. The van der Waals surface area contributed by atoms with Crippen LogP contribution in [0.15, 0.2) is 121 Å². The van der Waals surface area contributed by atoms with Crippen molar-refractivity contribution in [3.05, 3.63) is 121 Å². The molecule has 0 aliphatic rings. The molecule has 0 saturated carbocycles. The Morgan fingerprint density at radius 3 is 0.861 bits per heavy atom. The van der Waals surface area contributed by atoms with Crippen molar-refractivity contribution in [2.75, 3.05) is 5.90 Å². The minimum absolute atomic E-state index is 0.346. The Hall–Kier alpha value is -2.08. The number of nitriles is 2. The van der Waals surface area contributed by atoms with Crippen molar-refractivity contribution in [1.29, 1.82) is 10.5 Å². The van der Waals surface area contributed by atoms with Gasteiger partial charge in [0, 0.05) is 19.8 Å². The summed E-state index contributed by atoms with van der Waals surface area (Å²) in [6.07, 6.45) is 0. The summed E-state index contributed by atoms with van der Waals surface area (Å²) in [6.45, 7) is 2.86. The van der Waals surface area contributed by atoms with Gasteiger partial charge in [0.05, 0.1) is 12.1 Å². The quantitative estimate of drug-likeness (QED) is 0.161. The van der Waals surface area contributed by atoms with Gasteiger partial charge in [-0.3, -0.25) is 0 Å². The fourth-order valence-corrected chi connectivity index (χ4v) is 9.67. The third kappa shape index (κ3) is 12.2. The molecule has 4 rings (SSSR count). The summed E-state index contributed by atoms with van der Waals surface area (Å²) in [5.41, 5.74) is 0. The number of halogens is 2. The van der Waals surface area contributed by atoms with E-state index in [0.29, 0.717) is 0 Å². The molecular weight excluding hydrogens is 610 g/mol. The smallest absolute Gasteiger partial charge is 0.00405 e. The first-order valence-electron chi connectivity index (χ1n) is 10.9. The predicted octanol–water partition coefficient (Wildman–Crippen LogP) is 7.65. The first-order chi connectivity index (χ1) is 17.7. The Labute approximate surface area is 234 Å². The van der Waals surface area contributed by atoms with E-state index in [4.69, 9.17) is 29.9 Å². The molecule has 0 radical (unpaired) electrons. The van der Waals surface area contributed by atoms with Gasteiger partial charge in [0.15, 0.2) is 0 Å². The van der Waals surface area contributed by atoms with Crippen LogP contribution in [0.3, 0.4) is 0 Å². The Kier molecular flexibility index (Phi) is 18.7. The number of rotatable bonds is 6. The van der Waals surface area contributed by atoms with Crippen LogP contribution in [0.1, 0.15) is 13.8 Å². The van der Waals surface area contributed by atoms with Gasteiger partial charge in [0.1, 0.15) is 0 Å². The summed E-state index contributed by atoms with van der Waals surface area (Å²) >= 11 is -0.346. The average molecular weight is 638 g/mol. The second-order valence-corrected chi connectivity index (χ2v) is 14.4. The number of hydrogen-bond donors (Lipinski definition) is 0. The normalized spacial score (nSPS) is 9.33. The van der Waals surface area contributed by atoms with Gasteiger partial charge in [-0.25, -0.2) is 0 Å². The molecular formula is C29H28Cl2N2P2Ru. The Balaban J connectivity index is 0.000000633. The van der Waals surface area contributed by atoms with Gasteiger partial charge in [-0.2, -0.15) is 10.5 Å². The van der Waals surface area contributed by atoms with Crippen LogP contribution in [0.5, 0.6) is 0 Å². The van der Waals surface area contributed by atoms with Crippen molar-refractivity contribution in [2.24, 2.45) is 0 Å². The third-order valence-corrected chi connectivity index (χ3v) is 10.5. The molecule has 0 heterocycles. The number of hydrogen-bond acceptors (Lipinski definition) is 2. The first kappa shape index (κ1) is 32.0. The summed E-state index contributed by atoms with van der Waals surface area (Å²) in [5.74, 6) is 1.17. The molecule has 4 aromatic rings. The number of benzene rings is 4. The minimum Gasteiger partial charge on any atom is -0.0622 e. The molecule has 0 aromatic heterocycles. The van der Waals surface area contributed by atoms with Gasteiger partial charge in [0.2, 0.25) is 0 Å². The molecule has 0 amide bonds. The third-order valence-electron chi connectivity index (χ3n) is 4.55. The van der Waals surface area contributed by atoms with Crippen LogP contribution in [0.25, 0.3) is 0 Å². The molecule has 36 heavy (non-hydrogen) atoms. The summed E-state index contributed by atoms with van der Waals surface area (Å²) < 4.78 is 0. The van der Waals surface area contributed by atoms with E-state index in [0.717, 1.165) is 0 Å². The van der Waals surface area contributed by atoms with Gasteiger partial charge in [-0.05, 0) is 37.1 Å². The fraction of sp³-hybridized carbons (Fsp3) is 0.103. The maximum Gasteiger partial charge on any atom is 0.00405 e. The maximum absolute atomic E-state index is 7.32. The molecule has 7 heteroatoms. The molecule has 0 unspecified atom stereocenters. The van der Waals surface area contributed by atoms with Gasteiger partial charge in [0.25, 0.3) is 0 Å². The first-order valence-corrected chi connectivity index (χ1v) is 18.4. The second kappa shape index (κ2) is 21.1. The molecule has 4 aromatic carbocycles. The standard InChI is InChI=1S/C25H22P2.2C2H3N.2ClH.Ru/c1-5-13-22(14-6-1)26(23-15-7-2-8-16-23)21-27(24-17-9-3-10-18-24)25-19-11-4-12-20-25;2*1-2-3;;;/h1-20H,21H2;2*1H3;2*1H;/q;;;;;+2/p-2. The molecule has 0 atom stereocenters. The van der Waals surface area contributed by atoms with Crippen LogP contribution in [0.2, 0.25) is 0 Å². The SMILES string of the molecule is CC#N.CC#N.[Cl][Ru][Cl].c1ccc(P(CP(c2ccccc2)c2ccccc2)c2ccccc2)cc1. The Morgan fingerprint density at radius 2 is 0.694 bits per heavy atom. The predicted molar refractivity (Wildman–Crippen MR) is 157 cm³/mol. The molecule has 0 N–H and O–H groups in total. The zero-order chi connectivity index (χ0) is 26.4. The van der Waals surface area contributed by atoms with Crippen LogP contribution >= 0.6 is 35.2 Å². The monoisotopic (exact) mass is 638 g/mol. The van der Waals surface area contributed by atoms with Crippen LogP contribution in [0.4, 0.5) is 0 Å². The summed E-state index contributed by atoms with van der Waals surface area (Å²) in [5, 5.41) is 20.5. The Morgan fingerprint density at radius 1 is 0.528 bits per heavy atom. The van der Waals surface area contributed by atoms with E-state index in [-0.39, 0.29) is 15.1 Å². The molecule has 0 aliphatic carbocycles. The summed E-state index contributed by atoms with van der Waals surface area (Å²) in [4.78, 5) is 0. The molecule has 186 valence electrons. The molecule has 0 fully saturated rings. The van der Waals surface area contributed by atoms with Crippen molar-refractivity contribution in [1.82, 2.24) is 0 Å². The zero-order valence-corrected chi connectivity index (χ0v) is 25.2. The van der Waals surface area contributed by atoms with Crippen LogP contribution in [-0.4, -0.2) is 5.90 Å². The Bertz CT molecular complexity index is 982. The second-order valence-electron chi connectivity index (χ2n) is 6.84. The fourth-order valence-electron chi connectivity index (χ4n) is 3.20. The molecule has 0 bridgehead atoms. The van der Waals surface area contributed by atoms with Crippen molar-refractivity contribution in [3.8, 4) is 12.1 Å². The van der Waals surface area contributed by atoms with Crippen molar-refractivity contribution in [2.45, 2.75) is 13.8 Å². The summed E-state index contributed by atoms with van der Waals surface area (Å²) in [7, 11) is 8.89. The van der Waals surface area contributed by atoms with E-state index in [9.17, 15) is 0 Å². The van der Waals surface area contributed by atoms with Crippen LogP contribution in [-0.2, 0) is 15.1 Å². The minimum atomic E-state index is -0.409. The number of nitrogens with zero attached hydrogens (tertiary/aromatic N) is 2. The van der Waals surface area contributed by atoms with Gasteiger partial charge in [-0.15, -0.1) is 0 Å². The van der Waals surface area contributed by atoms with E-state index in [1.54, 1.807) is 12.1 Å². The average Bonchev–Trinajstić information content (AvgIpc) is 2.93. The zero-order valence-electron chi connectivity index (χ0n) is 20.2. The topological polar surface area (TPSA) is 47.6 Å². The molecule has 0 aliphatic heterocycles. The van der Waals surface area contributed by atoms with Gasteiger partial charge >= 0.3 is 34.5 Å².